The monoisotopic (exact) mass is 365 g/mol. The number of rotatable bonds is 1. The van der Waals surface area contributed by atoms with E-state index < -0.39 is 23.9 Å². The van der Waals surface area contributed by atoms with Crippen LogP contribution in [-0.4, -0.2) is 125 Å². The number of nitrogens with two attached hydrogens (primary N) is 2. The maximum atomic E-state index is 9.00. The van der Waals surface area contributed by atoms with Crippen molar-refractivity contribution in [1.29, 1.82) is 0 Å². The second kappa shape index (κ2) is 42.9. The second-order valence-corrected chi connectivity index (χ2v) is 2.65. The molecule has 0 fully saturated rings. The molecule has 0 saturated heterocycles. The summed E-state index contributed by atoms with van der Waals surface area (Å²) in [7, 11) is 0. The average molecular weight is 365 g/mol. The van der Waals surface area contributed by atoms with Crippen LogP contribution in [0.15, 0.2) is 0 Å². The minimum absolute atomic E-state index is 0. The van der Waals surface area contributed by atoms with Crippen molar-refractivity contribution in [2.75, 3.05) is 13.1 Å². The topological polar surface area (TPSA) is 201 Å². The third-order valence-corrected chi connectivity index (χ3v) is 0.167. The van der Waals surface area contributed by atoms with E-state index in [1.165, 1.54) is 0 Å². The normalized spacial score (nSPS) is 5.91. The van der Waals surface area contributed by atoms with Crippen LogP contribution in [-0.2, 0) is 19.2 Å². The number of carboxylic acid groups (broad SMARTS) is 4. The van der Waals surface area contributed by atoms with Gasteiger partial charge in [-0.1, -0.05) is 0 Å². The Balaban J connectivity index is -0.0000000161. The molecule has 12 heteroatoms. The minimum atomic E-state index is -0.833. The summed E-state index contributed by atoms with van der Waals surface area (Å²) in [5, 5.41) is 29.7. The smallest absolute Gasteiger partial charge is 1.00 e. The van der Waals surface area contributed by atoms with Gasteiger partial charge in [0.05, 0.1) is 0 Å². The van der Waals surface area contributed by atoms with Crippen LogP contribution in [0.3, 0.4) is 0 Å². The molecule has 0 bridgehead atoms. The van der Waals surface area contributed by atoms with Gasteiger partial charge in [-0.25, -0.2) is 0 Å². The van der Waals surface area contributed by atoms with Gasteiger partial charge in [-0.15, -0.1) is 0 Å². The van der Waals surface area contributed by atoms with Gasteiger partial charge < -0.3 is 34.7 Å². The fourth-order valence-electron chi connectivity index (χ4n) is 0. The Hall–Kier alpha value is 0.0597. The molecule has 22 heavy (non-hydrogen) atoms. The zero-order valence-electron chi connectivity index (χ0n) is 15.7. The van der Waals surface area contributed by atoms with Crippen molar-refractivity contribution in [3.05, 3.63) is 0 Å². The van der Waals surface area contributed by atoms with Crippen LogP contribution >= 0.6 is 0 Å². The molecule has 127 valence electrons. The summed E-state index contributed by atoms with van der Waals surface area (Å²) in [5.74, 6) is -3.33. The number of aliphatic carboxylic acids is 4. The van der Waals surface area contributed by atoms with Crippen molar-refractivity contribution in [3.63, 3.8) is 0 Å². The predicted octanol–water partition coefficient (Wildman–Crippen LogP) is -1.27. The van der Waals surface area contributed by atoms with Gasteiger partial charge in [0.2, 0.25) is 0 Å². The first-order chi connectivity index (χ1) is 8.84. The summed E-state index contributed by atoms with van der Waals surface area (Å²) in [6.07, 6.45) is 0. The Kier molecular flexibility index (Phi) is 84.1. The maximum absolute atomic E-state index is 9.00. The average Bonchev–Trinajstić information content (AvgIpc) is 2.13. The summed E-state index contributed by atoms with van der Waals surface area (Å²) in [4.78, 5) is 36.0. The Morgan fingerprint density at radius 1 is 0.682 bits per heavy atom. The Morgan fingerprint density at radius 3 is 0.727 bits per heavy atom. The molecule has 0 aliphatic carbocycles. The summed E-state index contributed by atoms with van der Waals surface area (Å²) < 4.78 is 0. The van der Waals surface area contributed by atoms with Gasteiger partial charge in [-0.2, -0.15) is 0 Å². The summed E-state index contributed by atoms with van der Waals surface area (Å²) in [5.41, 5.74) is 9.81. The van der Waals surface area contributed by atoms with Crippen LogP contribution in [0.1, 0.15) is 30.5 Å². The number of hydrogen-bond donors (Lipinski definition) is 6. The van der Waals surface area contributed by atoms with Crippen molar-refractivity contribution in [1.82, 2.24) is 0 Å². The molecule has 0 aromatic heterocycles. The summed E-state index contributed by atoms with van der Waals surface area (Å²) in [6, 6.07) is 0. The number of carboxylic acids is 4. The SMILES string of the molecule is CC(=O)O.CC(=O)O.CC(=O)O.CC(=O)O.NCCN.[Ca+2].[H-].[H-].[Na]. The van der Waals surface area contributed by atoms with E-state index in [1.54, 1.807) is 0 Å². The molecule has 0 aliphatic rings. The van der Waals surface area contributed by atoms with E-state index in [2.05, 4.69) is 0 Å². The first-order valence-corrected chi connectivity index (χ1v) is 5.03. The fraction of sp³-hybridized carbons (Fsp3) is 0.600. The van der Waals surface area contributed by atoms with Gasteiger partial charge in [0.25, 0.3) is 23.9 Å². The standard InChI is InChI=1S/C2H8N2.4C2H4O2.Ca.Na.2H/c3-1-2-4;4*1-2(3)4;;;;/h1-4H2;4*1H3,(H,3,4);;;;/q;;;;;+2;;2*-1. The van der Waals surface area contributed by atoms with Crippen molar-refractivity contribution in [3.8, 4) is 0 Å². The quantitative estimate of drug-likeness (QED) is 0.304. The summed E-state index contributed by atoms with van der Waals surface area (Å²) >= 11 is 0. The molecule has 0 spiro atoms. The third-order valence-electron chi connectivity index (χ3n) is 0.167. The fourth-order valence-corrected chi connectivity index (χ4v) is 0. The van der Waals surface area contributed by atoms with E-state index in [1.807, 2.05) is 0 Å². The van der Waals surface area contributed by atoms with Crippen molar-refractivity contribution >= 4 is 91.2 Å². The molecule has 10 nitrogen and oxygen atoms in total. The molecule has 0 rings (SSSR count). The Morgan fingerprint density at radius 2 is 0.727 bits per heavy atom. The molecule has 0 unspecified atom stereocenters. The molecule has 0 aromatic carbocycles. The van der Waals surface area contributed by atoms with Crippen molar-refractivity contribution in [2.24, 2.45) is 11.5 Å². The first kappa shape index (κ1) is 43.1. The second-order valence-electron chi connectivity index (χ2n) is 2.65. The van der Waals surface area contributed by atoms with E-state index in [4.69, 9.17) is 51.1 Å². The zero-order chi connectivity index (χ0) is 17.7. The first-order valence-electron chi connectivity index (χ1n) is 5.03. The van der Waals surface area contributed by atoms with Gasteiger partial charge in [-0.3, -0.25) is 19.2 Å². The molecular formula is C10H26CaN2NaO8. The molecule has 0 saturated carbocycles. The summed E-state index contributed by atoms with van der Waals surface area (Å²) in [6.45, 7) is 5.53. The van der Waals surface area contributed by atoms with Crippen LogP contribution in [0.2, 0.25) is 0 Å². The molecule has 0 aromatic rings. The van der Waals surface area contributed by atoms with Crippen LogP contribution in [0.4, 0.5) is 0 Å². The van der Waals surface area contributed by atoms with Crippen LogP contribution in [0.25, 0.3) is 0 Å². The molecule has 8 N–H and O–H groups in total. The van der Waals surface area contributed by atoms with Gasteiger partial charge in [0.15, 0.2) is 0 Å². The minimum Gasteiger partial charge on any atom is -1.00 e. The molecule has 0 atom stereocenters. The third kappa shape index (κ3) is 6490. The van der Waals surface area contributed by atoms with Gasteiger partial charge in [-0.05, 0) is 0 Å². The maximum Gasteiger partial charge on any atom is 2.00 e. The van der Waals surface area contributed by atoms with Gasteiger partial charge in [0, 0.05) is 70.3 Å². The van der Waals surface area contributed by atoms with Crippen LogP contribution < -0.4 is 11.5 Å². The largest absolute Gasteiger partial charge is 2.00 e. The molecule has 0 aliphatic heterocycles. The van der Waals surface area contributed by atoms with E-state index in [-0.39, 0.29) is 70.1 Å². The number of carbonyl (C=O) groups is 4. The van der Waals surface area contributed by atoms with Crippen LogP contribution in [0.5, 0.6) is 0 Å². The Bertz CT molecular complexity index is 211. The molecule has 0 amide bonds. The zero-order valence-corrected chi connectivity index (χ0v) is 17.9. The Labute approximate surface area is 184 Å². The molecular weight excluding hydrogens is 339 g/mol. The van der Waals surface area contributed by atoms with Gasteiger partial charge >= 0.3 is 37.7 Å². The molecule has 0 heterocycles. The van der Waals surface area contributed by atoms with E-state index in [0.717, 1.165) is 27.7 Å². The van der Waals surface area contributed by atoms with Crippen LogP contribution in [0, 0.1) is 0 Å². The number of hydrogen-bond acceptors (Lipinski definition) is 6. The van der Waals surface area contributed by atoms with E-state index >= 15 is 0 Å². The van der Waals surface area contributed by atoms with E-state index in [9.17, 15) is 0 Å². The van der Waals surface area contributed by atoms with Crippen molar-refractivity contribution in [2.45, 2.75) is 27.7 Å². The molecule has 1 radical (unpaired) electrons. The van der Waals surface area contributed by atoms with E-state index in [0.29, 0.717) is 13.1 Å². The predicted molar refractivity (Wildman–Crippen MR) is 85.1 cm³/mol. The van der Waals surface area contributed by atoms with Gasteiger partial charge in [0.1, 0.15) is 0 Å². The van der Waals surface area contributed by atoms with Crippen molar-refractivity contribution < 1.29 is 42.5 Å².